The second kappa shape index (κ2) is 5.22. The number of thiol groups is 1. The summed E-state index contributed by atoms with van der Waals surface area (Å²) in [4.78, 5) is 15.8. The van der Waals surface area contributed by atoms with Crippen molar-refractivity contribution in [3.05, 3.63) is 24.5 Å². The molecule has 0 amide bonds. The fourth-order valence-electron chi connectivity index (χ4n) is 0.644. The molecule has 64 valence electrons. The molecular formula is C8H9NOS2. The lowest BCUT2D eigenvalue weighted by molar-refractivity contribution is -0.114. The molecule has 0 N–H and O–H groups in total. The van der Waals surface area contributed by atoms with Crippen LogP contribution in [0.25, 0.3) is 0 Å². The standard InChI is InChI=1S/C8H9NOS2/c10-7(5-11)6-12-8-1-3-9-4-2-8/h1-4,11H,5-6H2. The Morgan fingerprint density at radius 2 is 2.17 bits per heavy atom. The fraction of sp³-hybridized carbons (Fsp3) is 0.250. The summed E-state index contributed by atoms with van der Waals surface area (Å²) >= 11 is 5.40. The smallest absolute Gasteiger partial charge is 0.152 e. The predicted molar refractivity (Wildman–Crippen MR) is 53.8 cm³/mol. The van der Waals surface area contributed by atoms with E-state index in [-0.39, 0.29) is 5.78 Å². The number of aromatic nitrogens is 1. The Labute approximate surface area is 81.2 Å². The fourth-order valence-corrected chi connectivity index (χ4v) is 1.65. The Morgan fingerprint density at radius 1 is 1.50 bits per heavy atom. The summed E-state index contributed by atoms with van der Waals surface area (Å²) in [5.74, 6) is 0.964. The van der Waals surface area contributed by atoms with Gasteiger partial charge in [-0.05, 0) is 12.1 Å². The molecule has 0 fully saturated rings. The van der Waals surface area contributed by atoms with Gasteiger partial charge in [-0.3, -0.25) is 9.78 Å². The van der Waals surface area contributed by atoms with Gasteiger partial charge in [0, 0.05) is 17.3 Å². The second-order valence-electron chi connectivity index (χ2n) is 2.17. The van der Waals surface area contributed by atoms with Crippen LogP contribution in [-0.4, -0.2) is 22.3 Å². The largest absolute Gasteiger partial charge is 0.298 e. The molecule has 0 saturated heterocycles. The van der Waals surface area contributed by atoms with Crippen LogP contribution in [0.3, 0.4) is 0 Å². The van der Waals surface area contributed by atoms with E-state index in [1.807, 2.05) is 12.1 Å². The average Bonchev–Trinajstić information content (AvgIpc) is 2.16. The highest BCUT2D eigenvalue weighted by molar-refractivity contribution is 8.00. The summed E-state index contributed by atoms with van der Waals surface area (Å²) in [5.41, 5.74) is 0. The van der Waals surface area contributed by atoms with Crippen molar-refractivity contribution in [3.63, 3.8) is 0 Å². The quantitative estimate of drug-likeness (QED) is 0.591. The molecule has 4 heteroatoms. The van der Waals surface area contributed by atoms with E-state index in [4.69, 9.17) is 0 Å². The van der Waals surface area contributed by atoms with Crippen molar-refractivity contribution in [3.8, 4) is 0 Å². The van der Waals surface area contributed by atoms with Crippen molar-refractivity contribution < 1.29 is 4.79 Å². The Kier molecular flexibility index (Phi) is 4.18. The van der Waals surface area contributed by atoms with E-state index in [2.05, 4.69) is 17.6 Å². The molecule has 0 aliphatic carbocycles. The summed E-state index contributed by atoms with van der Waals surface area (Å²) in [6.45, 7) is 0. The molecule has 1 aromatic rings. The van der Waals surface area contributed by atoms with Crippen LogP contribution in [0.15, 0.2) is 29.4 Å². The molecule has 0 aromatic carbocycles. The molecule has 0 aliphatic heterocycles. The summed E-state index contributed by atoms with van der Waals surface area (Å²) in [6, 6.07) is 3.77. The highest BCUT2D eigenvalue weighted by Crippen LogP contribution is 2.15. The highest BCUT2D eigenvalue weighted by atomic mass is 32.2. The molecule has 0 bridgehead atoms. The number of rotatable bonds is 4. The van der Waals surface area contributed by atoms with Crippen LogP contribution in [0.4, 0.5) is 0 Å². The van der Waals surface area contributed by atoms with Gasteiger partial charge in [-0.15, -0.1) is 11.8 Å². The number of ketones is 1. The zero-order valence-corrected chi connectivity index (χ0v) is 8.15. The van der Waals surface area contributed by atoms with Gasteiger partial charge in [0.1, 0.15) is 0 Å². The van der Waals surface area contributed by atoms with Gasteiger partial charge in [0.05, 0.1) is 11.5 Å². The minimum atomic E-state index is 0.153. The zero-order valence-electron chi connectivity index (χ0n) is 6.43. The molecule has 2 nitrogen and oxygen atoms in total. The summed E-state index contributed by atoms with van der Waals surface area (Å²) in [6.07, 6.45) is 3.43. The summed E-state index contributed by atoms with van der Waals surface area (Å²) < 4.78 is 0. The predicted octanol–water partition coefficient (Wildman–Crippen LogP) is 1.67. The van der Waals surface area contributed by atoms with E-state index < -0.39 is 0 Å². The van der Waals surface area contributed by atoms with Crippen LogP contribution in [0.2, 0.25) is 0 Å². The van der Waals surface area contributed by atoms with Crippen LogP contribution >= 0.6 is 24.4 Å². The number of thioether (sulfide) groups is 1. The summed E-state index contributed by atoms with van der Waals surface area (Å²) in [5, 5.41) is 0. The van der Waals surface area contributed by atoms with Crippen molar-refractivity contribution in [1.82, 2.24) is 4.98 Å². The van der Waals surface area contributed by atoms with Gasteiger partial charge in [0.15, 0.2) is 5.78 Å². The van der Waals surface area contributed by atoms with Crippen molar-refractivity contribution >= 4 is 30.2 Å². The number of hydrogen-bond donors (Lipinski definition) is 1. The Balaban J connectivity index is 2.38. The monoisotopic (exact) mass is 199 g/mol. The van der Waals surface area contributed by atoms with Crippen molar-refractivity contribution in [2.24, 2.45) is 0 Å². The van der Waals surface area contributed by atoms with E-state index in [1.54, 1.807) is 12.4 Å². The molecule has 1 rings (SSSR count). The van der Waals surface area contributed by atoms with Crippen LogP contribution in [0.5, 0.6) is 0 Å². The first-order chi connectivity index (χ1) is 5.83. The third-order valence-corrected chi connectivity index (χ3v) is 2.65. The third-order valence-electron chi connectivity index (χ3n) is 1.23. The molecule has 0 atom stereocenters. The molecule has 0 radical (unpaired) electrons. The lowest BCUT2D eigenvalue weighted by Crippen LogP contribution is -2.01. The Morgan fingerprint density at radius 3 is 2.75 bits per heavy atom. The van der Waals surface area contributed by atoms with Crippen molar-refractivity contribution in [2.75, 3.05) is 11.5 Å². The number of carbonyl (C=O) groups excluding carboxylic acids is 1. The molecule has 0 aliphatic rings. The maximum Gasteiger partial charge on any atom is 0.152 e. The van der Waals surface area contributed by atoms with E-state index in [9.17, 15) is 4.79 Å². The topological polar surface area (TPSA) is 30.0 Å². The van der Waals surface area contributed by atoms with Gasteiger partial charge < -0.3 is 0 Å². The Hall–Kier alpha value is -0.480. The minimum Gasteiger partial charge on any atom is -0.298 e. The van der Waals surface area contributed by atoms with Crippen LogP contribution in [0, 0.1) is 0 Å². The molecule has 0 spiro atoms. The van der Waals surface area contributed by atoms with Gasteiger partial charge in [-0.25, -0.2) is 0 Å². The second-order valence-corrected chi connectivity index (χ2v) is 3.53. The van der Waals surface area contributed by atoms with Crippen molar-refractivity contribution in [1.29, 1.82) is 0 Å². The first kappa shape index (κ1) is 9.61. The number of carbonyl (C=O) groups is 1. The van der Waals surface area contributed by atoms with E-state index in [0.29, 0.717) is 11.5 Å². The number of Topliss-reactive ketones (excluding diaryl/α,β-unsaturated/α-hetero) is 1. The van der Waals surface area contributed by atoms with Crippen LogP contribution in [0.1, 0.15) is 0 Å². The van der Waals surface area contributed by atoms with E-state index >= 15 is 0 Å². The van der Waals surface area contributed by atoms with Crippen molar-refractivity contribution in [2.45, 2.75) is 4.90 Å². The van der Waals surface area contributed by atoms with Gasteiger partial charge in [0.2, 0.25) is 0 Å². The lowest BCUT2D eigenvalue weighted by Gasteiger charge is -1.97. The highest BCUT2D eigenvalue weighted by Gasteiger charge is 1.99. The number of nitrogens with zero attached hydrogens (tertiary/aromatic N) is 1. The van der Waals surface area contributed by atoms with E-state index in [1.165, 1.54) is 11.8 Å². The molecule has 0 saturated carbocycles. The molecule has 12 heavy (non-hydrogen) atoms. The molecule has 1 heterocycles. The lowest BCUT2D eigenvalue weighted by atomic mass is 10.5. The average molecular weight is 199 g/mol. The van der Waals surface area contributed by atoms with Gasteiger partial charge >= 0.3 is 0 Å². The van der Waals surface area contributed by atoms with Gasteiger partial charge in [0.25, 0.3) is 0 Å². The first-order valence-corrected chi connectivity index (χ1v) is 5.10. The van der Waals surface area contributed by atoms with Crippen LogP contribution in [-0.2, 0) is 4.79 Å². The molecule has 0 unspecified atom stereocenters. The molecule has 1 aromatic heterocycles. The van der Waals surface area contributed by atoms with Crippen LogP contribution < -0.4 is 0 Å². The molecular weight excluding hydrogens is 190 g/mol. The van der Waals surface area contributed by atoms with Gasteiger partial charge in [-0.1, -0.05) is 0 Å². The SMILES string of the molecule is O=C(CS)CSc1ccncc1. The Bertz CT molecular complexity index is 250. The van der Waals surface area contributed by atoms with E-state index in [0.717, 1.165) is 4.90 Å². The maximum absolute atomic E-state index is 10.9. The maximum atomic E-state index is 10.9. The summed E-state index contributed by atoms with van der Waals surface area (Å²) in [7, 11) is 0. The number of hydrogen-bond acceptors (Lipinski definition) is 4. The first-order valence-electron chi connectivity index (χ1n) is 3.48. The number of pyridine rings is 1. The zero-order chi connectivity index (χ0) is 8.81. The van der Waals surface area contributed by atoms with Gasteiger partial charge in [-0.2, -0.15) is 12.6 Å². The normalized spacial score (nSPS) is 9.75. The third kappa shape index (κ3) is 3.28. The minimum absolute atomic E-state index is 0.153.